The van der Waals surface area contributed by atoms with Crippen LogP contribution in [0, 0.1) is 5.41 Å². The molecular formula is C12H19BrN4O. The van der Waals surface area contributed by atoms with E-state index in [0.717, 1.165) is 12.8 Å². The van der Waals surface area contributed by atoms with Crippen LogP contribution in [0.3, 0.4) is 0 Å². The van der Waals surface area contributed by atoms with E-state index in [2.05, 4.69) is 31.2 Å². The molecule has 1 saturated carbocycles. The number of nitrogens with two attached hydrogens (primary N) is 1. The van der Waals surface area contributed by atoms with E-state index in [1.54, 1.807) is 6.07 Å². The molecular weight excluding hydrogens is 296 g/mol. The first-order valence-corrected chi connectivity index (χ1v) is 7.08. The minimum Gasteiger partial charge on any atom is -0.396 e. The number of hydrogen-bond donors (Lipinski definition) is 3. The predicted octanol–water partition coefficient (Wildman–Crippen LogP) is 2.18. The number of rotatable bonds is 4. The lowest BCUT2D eigenvalue weighted by Crippen LogP contribution is -2.36. The first-order valence-electron chi connectivity index (χ1n) is 6.28. The summed E-state index contributed by atoms with van der Waals surface area (Å²) in [7, 11) is 0. The Morgan fingerprint density at radius 1 is 1.33 bits per heavy atom. The van der Waals surface area contributed by atoms with Crippen LogP contribution in [0.1, 0.15) is 32.1 Å². The highest BCUT2D eigenvalue weighted by Gasteiger charge is 2.31. The van der Waals surface area contributed by atoms with Gasteiger partial charge in [0.2, 0.25) is 5.95 Å². The van der Waals surface area contributed by atoms with E-state index >= 15 is 0 Å². The van der Waals surface area contributed by atoms with Gasteiger partial charge in [0.25, 0.3) is 0 Å². The molecule has 100 valence electrons. The third-order valence-electron chi connectivity index (χ3n) is 3.59. The molecule has 1 aromatic rings. The second-order valence-corrected chi connectivity index (χ2v) is 5.82. The molecule has 0 amide bonds. The number of nitrogens with one attached hydrogen (secondary N) is 1. The first kappa shape index (κ1) is 13.5. The third-order valence-corrected chi connectivity index (χ3v) is 3.99. The molecule has 0 aliphatic heterocycles. The van der Waals surface area contributed by atoms with Crippen molar-refractivity contribution in [3.8, 4) is 0 Å². The number of hydrogen-bond acceptors (Lipinski definition) is 5. The van der Waals surface area contributed by atoms with Gasteiger partial charge in [-0.15, -0.1) is 0 Å². The molecule has 5 nitrogen and oxygen atoms in total. The van der Waals surface area contributed by atoms with Crippen molar-refractivity contribution in [2.75, 3.05) is 24.2 Å². The van der Waals surface area contributed by atoms with Gasteiger partial charge >= 0.3 is 0 Å². The summed E-state index contributed by atoms with van der Waals surface area (Å²) in [5, 5.41) is 12.8. The van der Waals surface area contributed by atoms with Gasteiger partial charge in [-0.2, -0.15) is 4.98 Å². The molecule has 0 saturated heterocycles. The summed E-state index contributed by atoms with van der Waals surface area (Å²) in [6.45, 7) is 0.906. The molecule has 0 atom stereocenters. The molecule has 0 bridgehead atoms. The van der Waals surface area contributed by atoms with Crippen LogP contribution in [-0.2, 0) is 0 Å². The van der Waals surface area contributed by atoms with Crippen molar-refractivity contribution in [3.63, 3.8) is 0 Å². The van der Waals surface area contributed by atoms with E-state index in [9.17, 15) is 5.11 Å². The first-order chi connectivity index (χ1) is 8.63. The molecule has 6 heteroatoms. The molecule has 18 heavy (non-hydrogen) atoms. The van der Waals surface area contributed by atoms with E-state index in [4.69, 9.17) is 5.73 Å². The van der Waals surface area contributed by atoms with Crippen LogP contribution in [0.25, 0.3) is 0 Å². The Hall–Kier alpha value is -0.880. The summed E-state index contributed by atoms with van der Waals surface area (Å²) in [4.78, 5) is 8.34. The highest BCUT2D eigenvalue weighted by atomic mass is 79.9. The van der Waals surface area contributed by atoms with Gasteiger partial charge in [-0.3, -0.25) is 0 Å². The lowest BCUT2D eigenvalue weighted by molar-refractivity contribution is 0.0942. The van der Waals surface area contributed by atoms with E-state index in [0.29, 0.717) is 22.9 Å². The zero-order valence-electron chi connectivity index (χ0n) is 10.3. The summed E-state index contributed by atoms with van der Waals surface area (Å²) in [5.74, 6) is 0.946. The number of halogens is 1. The smallest absolute Gasteiger partial charge is 0.225 e. The minimum atomic E-state index is -0.0291. The molecule has 1 aromatic heterocycles. The topological polar surface area (TPSA) is 84.1 Å². The van der Waals surface area contributed by atoms with Crippen LogP contribution >= 0.6 is 15.9 Å². The molecule has 4 N–H and O–H groups in total. The number of anilines is 2. The number of nitrogen functional groups attached to an aromatic ring is 1. The SMILES string of the molecule is Nc1cc(Br)nc(NCC2(CO)CCCCC2)n1. The van der Waals surface area contributed by atoms with Gasteiger partial charge in [-0.05, 0) is 28.8 Å². The maximum atomic E-state index is 9.61. The molecule has 0 radical (unpaired) electrons. The number of aliphatic hydroxyl groups is 1. The van der Waals surface area contributed by atoms with Gasteiger partial charge in [-0.25, -0.2) is 4.98 Å². The summed E-state index contributed by atoms with van der Waals surface area (Å²) in [5.41, 5.74) is 5.63. The van der Waals surface area contributed by atoms with E-state index < -0.39 is 0 Å². The second-order valence-electron chi connectivity index (χ2n) is 5.01. The zero-order valence-corrected chi connectivity index (χ0v) is 11.9. The highest BCUT2D eigenvalue weighted by Crippen LogP contribution is 2.35. The fourth-order valence-electron chi connectivity index (χ4n) is 2.47. The molecule has 2 rings (SSSR count). The minimum absolute atomic E-state index is 0.0291. The Balaban J connectivity index is 2.00. The quantitative estimate of drug-likeness (QED) is 0.742. The van der Waals surface area contributed by atoms with Crippen molar-refractivity contribution in [1.29, 1.82) is 0 Å². The average molecular weight is 315 g/mol. The second kappa shape index (κ2) is 5.84. The van der Waals surface area contributed by atoms with Crippen LogP contribution < -0.4 is 11.1 Å². The summed E-state index contributed by atoms with van der Waals surface area (Å²) >= 11 is 3.29. The van der Waals surface area contributed by atoms with Gasteiger partial charge < -0.3 is 16.2 Å². The summed E-state index contributed by atoms with van der Waals surface area (Å²) in [6.07, 6.45) is 5.75. The zero-order chi connectivity index (χ0) is 13.0. The standard InChI is InChI=1S/C12H19BrN4O/c13-9-6-10(14)17-11(16-9)15-7-12(8-18)4-2-1-3-5-12/h6,18H,1-5,7-8H2,(H3,14,15,16,17). The fraction of sp³-hybridized carbons (Fsp3) is 0.667. The fourth-order valence-corrected chi connectivity index (χ4v) is 2.88. The van der Waals surface area contributed by atoms with Crippen molar-refractivity contribution in [3.05, 3.63) is 10.7 Å². The molecule has 0 unspecified atom stereocenters. The van der Waals surface area contributed by atoms with Crippen molar-refractivity contribution < 1.29 is 5.11 Å². The molecule has 1 aliphatic carbocycles. The van der Waals surface area contributed by atoms with Crippen molar-refractivity contribution in [1.82, 2.24) is 9.97 Å². The normalized spacial score (nSPS) is 18.6. The van der Waals surface area contributed by atoms with Crippen LogP contribution in [0.4, 0.5) is 11.8 Å². The summed E-state index contributed by atoms with van der Waals surface area (Å²) < 4.78 is 0.666. The summed E-state index contributed by atoms with van der Waals surface area (Å²) in [6, 6.07) is 1.66. The number of nitrogens with zero attached hydrogens (tertiary/aromatic N) is 2. The van der Waals surface area contributed by atoms with E-state index in [-0.39, 0.29) is 12.0 Å². The van der Waals surface area contributed by atoms with Crippen LogP contribution in [0.5, 0.6) is 0 Å². The maximum Gasteiger partial charge on any atom is 0.225 e. The van der Waals surface area contributed by atoms with Crippen LogP contribution in [0.2, 0.25) is 0 Å². The lowest BCUT2D eigenvalue weighted by atomic mass is 9.74. The molecule has 1 aliphatic rings. The monoisotopic (exact) mass is 314 g/mol. The Kier molecular flexibility index (Phi) is 4.40. The molecule has 0 aromatic carbocycles. The number of aromatic nitrogens is 2. The predicted molar refractivity (Wildman–Crippen MR) is 75.2 cm³/mol. The Bertz CT molecular complexity index is 387. The van der Waals surface area contributed by atoms with E-state index in [1.807, 2.05) is 0 Å². The van der Waals surface area contributed by atoms with Crippen molar-refractivity contribution >= 4 is 27.7 Å². The van der Waals surface area contributed by atoms with Gasteiger partial charge in [0.05, 0.1) is 6.61 Å². The van der Waals surface area contributed by atoms with Gasteiger partial charge in [0, 0.05) is 18.0 Å². The van der Waals surface area contributed by atoms with E-state index in [1.165, 1.54) is 19.3 Å². The molecule has 1 heterocycles. The Morgan fingerprint density at radius 3 is 2.67 bits per heavy atom. The molecule has 0 spiro atoms. The van der Waals surface area contributed by atoms with Gasteiger partial charge in [-0.1, -0.05) is 19.3 Å². The van der Waals surface area contributed by atoms with Gasteiger partial charge in [0.15, 0.2) is 0 Å². The Labute approximate surface area is 115 Å². The number of aliphatic hydroxyl groups excluding tert-OH is 1. The largest absolute Gasteiger partial charge is 0.396 e. The van der Waals surface area contributed by atoms with Crippen molar-refractivity contribution in [2.45, 2.75) is 32.1 Å². The lowest BCUT2D eigenvalue weighted by Gasteiger charge is -2.35. The van der Waals surface area contributed by atoms with Crippen LogP contribution in [0.15, 0.2) is 10.7 Å². The van der Waals surface area contributed by atoms with Crippen LogP contribution in [-0.4, -0.2) is 28.2 Å². The average Bonchev–Trinajstić information content (AvgIpc) is 2.36. The van der Waals surface area contributed by atoms with Crippen molar-refractivity contribution in [2.24, 2.45) is 5.41 Å². The highest BCUT2D eigenvalue weighted by molar-refractivity contribution is 9.10. The third kappa shape index (κ3) is 3.32. The van der Waals surface area contributed by atoms with Gasteiger partial charge in [0.1, 0.15) is 10.4 Å². The maximum absolute atomic E-state index is 9.61. The molecule has 1 fully saturated rings. The Morgan fingerprint density at radius 2 is 2.06 bits per heavy atom.